The molecule has 1 aromatic carbocycles. The van der Waals surface area contributed by atoms with Crippen LogP contribution >= 0.6 is 15.9 Å². The van der Waals surface area contributed by atoms with Gasteiger partial charge in [-0.3, -0.25) is 0 Å². The number of sulfonamides is 1. The van der Waals surface area contributed by atoms with E-state index >= 15 is 0 Å². The minimum atomic E-state index is -3.87. The lowest BCUT2D eigenvalue weighted by atomic mass is 9.83. The summed E-state index contributed by atoms with van der Waals surface area (Å²) in [6.45, 7) is 0.365. The zero-order valence-corrected chi connectivity index (χ0v) is 13.2. The number of hydrogen-bond donors (Lipinski definition) is 1. The molecule has 5 nitrogen and oxygen atoms in total. The number of carbonyl (C=O) groups excluding carboxylic acids is 1. The van der Waals surface area contributed by atoms with Crippen LogP contribution < -0.4 is 5.14 Å². The molecular formula is C13H16BrNO4S. The van der Waals surface area contributed by atoms with E-state index in [1.54, 1.807) is 0 Å². The first-order valence-electron chi connectivity index (χ1n) is 6.37. The normalized spacial score (nSPS) is 15.7. The number of primary sulfonamides is 1. The Kier molecular flexibility index (Phi) is 4.82. The van der Waals surface area contributed by atoms with Crippen LogP contribution in [0.15, 0.2) is 27.6 Å². The summed E-state index contributed by atoms with van der Waals surface area (Å²) < 4.78 is 28.2. The standard InChI is InChI=1S/C13H16BrNO4S/c14-11-5-4-10(8-12(11)20(15,17)18)13(16)19-7-6-9-2-1-3-9/h4-5,8-9H,1-3,6-7H2,(H2,15,17,18). The molecular weight excluding hydrogens is 346 g/mol. The molecule has 0 aliphatic heterocycles. The van der Waals surface area contributed by atoms with Gasteiger partial charge in [0, 0.05) is 4.47 Å². The maximum Gasteiger partial charge on any atom is 0.338 e. The van der Waals surface area contributed by atoms with Gasteiger partial charge in [0.25, 0.3) is 0 Å². The van der Waals surface area contributed by atoms with Gasteiger partial charge in [-0.2, -0.15) is 0 Å². The third-order valence-electron chi connectivity index (χ3n) is 3.46. The Labute approximate surface area is 126 Å². The Bertz CT molecular complexity index is 611. The molecule has 0 bridgehead atoms. The van der Waals surface area contributed by atoms with Crippen molar-refractivity contribution in [1.29, 1.82) is 0 Å². The fourth-order valence-electron chi connectivity index (χ4n) is 2.03. The van der Waals surface area contributed by atoms with E-state index in [9.17, 15) is 13.2 Å². The molecule has 1 saturated carbocycles. The highest BCUT2D eigenvalue weighted by Gasteiger charge is 2.19. The summed E-state index contributed by atoms with van der Waals surface area (Å²) in [5.74, 6) is 0.134. The molecule has 0 amide bonds. The van der Waals surface area contributed by atoms with Gasteiger partial charge in [0.2, 0.25) is 10.0 Å². The quantitative estimate of drug-likeness (QED) is 0.815. The predicted octanol–water partition coefficient (Wildman–Crippen LogP) is 2.44. The first kappa shape index (κ1) is 15.5. The molecule has 20 heavy (non-hydrogen) atoms. The lowest BCUT2D eigenvalue weighted by molar-refractivity contribution is 0.0464. The van der Waals surface area contributed by atoms with E-state index < -0.39 is 16.0 Å². The summed E-state index contributed by atoms with van der Waals surface area (Å²) in [5, 5.41) is 5.08. The summed E-state index contributed by atoms with van der Waals surface area (Å²) in [5.41, 5.74) is 0.186. The molecule has 2 rings (SSSR count). The molecule has 110 valence electrons. The molecule has 7 heteroatoms. The van der Waals surface area contributed by atoms with Crippen molar-refractivity contribution in [3.05, 3.63) is 28.2 Å². The van der Waals surface area contributed by atoms with Crippen LogP contribution in [0, 0.1) is 5.92 Å². The highest BCUT2D eigenvalue weighted by atomic mass is 79.9. The van der Waals surface area contributed by atoms with E-state index in [0.29, 0.717) is 17.0 Å². The zero-order chi connectivity index (χ0) is 14.8. The second-order valence-electron chi connectivity index (χ2n) is 4.91. The number of halogens is 1. The smallest absolute Gasteiger partial charge is 0.338 e. The molecule has 1 aliphatic carbocycles. The predicted molar refractivity (Wildman–Crippen MR) is 77.8 cm³/mol. The SMILES string of the molecule is NS(=O)(=O)c1cc(C(=O)OCCC2CCC2)ccc1Br. The fourth-order valence-corrected chi connectivity index (χ4v) is 3.59. The Hall–Kier alpha value is -0.920. The molecule has 0 aromatic heterocycles. The molecule has 0 radical (unpaired) electrons. The van der Waals surface area contributed by atoms with E-state index in [1.165, 1.54) is 37.5 Å². The van der Waals surface area contributed by atoms with E-state index in [2.05, 4.69) is 15.9 Å². The first-order chi connectivity index (χ1) is 9.38. The first-order valence-corrected chi connectivity index (χ1v) is 8.71. The average Bonchev–Trinajstić information content (AvgIpc) is 2.31. The van der Waals surface area contributed by atoms with Gasteiger partial charge < -0.3 is 4.74 Å². The van der Waals surface area contributed by atoms with Crippen LogP contribution in [0.2, 0.25) is 0 Å². The number of benzene rings is 1. The highest BCUT2D eigenvalue weighted by Crippen LogP contribution is 2.29. The van der Waals surface area contributed by atoms with E-state index in [-0.39, 0.29) is 10.5 Å². The molecule has 1 aromatic rings. The number of esters is 1. The maximum absolute atomic E-state index is 11.8. The van der Waals surface area contributed by atoms with Gasteiger partial charge in [0.15, 0.2) is 0 Å². The molecule has 0 unspecified atom stereocenters. The van der Waals surface area contributed by atoms with Gasteiger partial charge in [0.1, 0.15) is 0 Å². The van der Waals surface area contributed by atoms with Gasteiger partial charge >= 0.3 is 5.97 Å². The Morgan fingerprint density at radius 3 is 2.65 bits per heavy atom. The molecule has 0 spiro atoms. The van der Waals surface area contributed by atoms with Crippen molar-refractivity contribution in [3.8, 4) is 0 Å². The van der Waals surface area contributed by atoms with Crippen LogP contribution in [0.5, 0.6) is 0 Å². The van der Waals surface area contributed by atoms with Crippen molar-refractivity contribution >= 4 is 31.9 Å². The lowest BCUT2D eigenvalue weighted by Gasteiger charge is -2.24. The molecule has 1 aliphatic rings. The largest absolute Gasteiger partial charge is 0.462 e. The molecule has 0 atom stereocenters. The van der Waals surface area contributed by atoms with Crippen molar-refractivity contribution in [1.82, 2.24) is 0 Å². The second kappa shape index (κ2) is 6.24. The number of ether oxygens (including phenoxy) is 1. The fraction of sp³-hybridized carbons (Fsp3) is 0.462. The molecule has 0 heterocycles. The van der Waals surface area contributed by atoms with E-state index in [0.717, 1.165) is 6.42 Å². The number of carbonyl (C=O) groups is 1. The summed E-state index contributed by atoms with van der Waals surface area (Å²) in [7, 11) is -3.87. The number of rotatable bonds is 5. The molecule has 1 fully saturated rings. The Morgan fingerprint density at radius 2 is 2.10 bits per heavy atom. The minimum absolute atomic E-state index is 0.119. The number of nitrogens with two attached hydrogens (primary N) is 1. The van der Waals surface area contributed by atoms with Crippen LogP contribution in [-0.2, 0) is 14.8 Å². The van der Waals surface area contributed by atoms with Crippen molar-refractivity contribution in [2.75, 3.05) is 6.61 Å². The number of hydrogen-bond acceptors (Lipinski definition) is 4. The van der Waals surface area contributed by atoms with Crippen LogP contribution in [0.25, 0.3) is 0 Å². The topological polar surface area (TPSA) is 86.5 Å². The van der Waals surface area contributed by atoms with Crippen LogP contribution in [0.3, 0.4) is 0 Å². The Morgan fingerprint density at radius 1 is 1.40 bits per heavy atom. The van der Waals surface area contributed by atoms with Crippen LogP contribution in [-0.4, -0.2) is 21.0 Å². The zero-order valence-electron chi connectivity index (χ0n) is 10.8. The summed E-state index contributed by atoms with van der Waals surface area (Å²) in [6, 6.07) is 4.21. The highest BCUT2D eigenvalue weighted by molar-refractivity contribution is 9.10. The van der Waals surface area contributed by atoms with E-state index in [4.69, 9.17) is 9.88 Å². The van der Waals surface area contributed by atoms with Gasteiger partial charge in [-0.25, -0.2) is 18.4 Å². The minimum Gasteiger partial charge on any atom is -0.462 e. The van der Waals surface area contributed by atoms with E-state index in [1.807, 2.05) is 0 Å². The molecule has 2 N–H and O–H groups in total. The summed E-state index contributed by atoms with van der Waals surface area (Å²) >= 11 is 3.09. The van der Waals surface area contributed by atoms with Crippen molar-refractivity contribution < 1.29 is 17.9 Å². The third kappa shape index (κ3) is 3.80. The maximum atomic E-state index is 11.8. The van der Waals surface area contributed by atoms with Crippen LogP contribution in [0.1, 0.15) is 36.0 Å². The van der Waals surface area contributed by atoms with Gasteiger partial charge in [-0.05, 0) is 46.5 Å². The Balaban J connectivity index is 2.02. The van der Waals surface area contributed by atoms with Gasteiger partial charge in [-0.1, -0.05) is 19.3 Å². The van der Waals surface area contributed by atoms with Crippen LogP contribution in [0.4, 0.5) is 0 Å². The summed E-state index contributed by atoms with van der Waals surface area (Å²) in [6.07, 6.45) is 4.52. The van der Waals surface area contributed by atoms with Gasteiger partial charge in [0.05, 0.1) is 17.1 Å². The second-order valence-corrected chi connectivity index (χ2v) is 7.30. The van der Waals surface area contributed by atoms with Crippen molar-refractivity contribution in [3.63, 3.8) is 0 Å². The van der Waals surface area contributed by atoms with Crippen molar-refractivity contribution in [2.24, 2.45) is 11.1 Å². The molecule has 0 saturated heterocycles. The monoisotopic (exact) mass is 361 g/mol. The van der Waals surface area contributed by atoms with Crippen molar-refractivity contribution in [2.45, 2.75) is 30.6 Å². The third-order valence-corrected chi connectivity index (χ3v) is 5.36. The van der Waals surface area contributed by atoms with Gasteiger partial charge in [-0.15, -0.1) is 0 Å². The summed E-state index contributed by atoms with van der Waals surface area (Å²) in [4.78, 5) is 11.7. The average molecular weight is 362 g/mol. The lowest BCUT2D eigenvalue weighted by Crippen LogP contribution is -2.16.